The molecule has 0 aromatic rings. The molecule has 6 heteroatoms. The van der Waals surface area contributed by atoms with Crippen LogP contribution in [0.15, 0.2) is 0 Å². The summed E-state index contributed by atoms with van der Waals surface area (Å²) in [5.41, 5.74) is 0. The minimum absolute atomic E-state index is 0.0742. The van der Waals surface area contributed by atoms with Gasteiger partial charge in [-0.2, -0.15) is 0 Å². The molecule has 2 atom stereocenters. The number of hydrogen-bond acceptors (Lipinski definition) is 3. The van der Waals surface area contributed by atoms with Crippen molar-refractivity contribution >= 4 is 12.0 Å². The van der Waals surface area contributed by atoms with Crippen LogP contribution in [0.25, 0.3) is 0 Å². The summed E-state index contributed by atoms with van der Waals surface area (Å²) in [5.74, 6) is -0.938. The Bertz CT molecular complexity index is 270. The number of urea groups is 1. The lowest BCUT2D eigenvalue weighted by Crippen LogP contribution is -2.47. The standard InChI is InChI=1S/C10H18N2O4/c1-7(16-2)6-11-10(15)12-5-3-4-8(12)9(13)14/h7-8H,3-6H2,1-2H3,(H,11,15)(H,13,14)/t7?,8-/m0/s1. The molecule has 0 aromatic carbocycles. The van der Waals surface area contributed by atoms with Crippen molar-refractivity contribution in [1.82, 2.24) is 10.2 Å². The third-order valence-corrected chi connectivity index (χ3v) is 2.74. The summed E-state index contributed by atoms with van der Waals surface area (Å²) in [6, 6.07) is -1.01. The zero-order valence-corrected chi connectivity index (χ0v) is 9.60. The Morgan fingerprint density at radius 1 is 1.62 bits per heavy atom. The molecule has 1 heterocycles. The minimum atomic E-state index is -0.938. The van der Waals surface area contributed by atoms with E-state index in [0.29, 0.717) is 19.5 Å². The molecule has 1 aliphatic rings. The lowest BCUT2D eigenvalue weighted by Gasteiger charge is -2.22. The van der Waals surface area contributed by atoms with E-state index in [2.05, 4.69) is 5.32 Å². The first-order chi connectivity index (χ1) is 7.56. The zero-order valence-electron chi connectivity index (χ0n) is 9.60. The van der Waals surface area contributed by atoms with E-state index in [-0.39, 0.29) is 12.1 Å². The second-order valence-electron chi connectivity index (χ2n) is 3.92. The average molecular weight is 230 g/mol. The highest BCUT2D eigenvalue weighted by atomic mass is 16.5. The molecular weight excluding hydrogens is 212 g/mol. The second kappa shape index (κ2) is 5.69. The van der Waals surface area contributed by atoms with Gasteiger partial charge in [-0.1, -0.05) is 0 Å². The normalized spacial score (nSPS) is 21.9. The van der Waals surface area contributed by atoms with E-state index < -0.39 is 12.0 Å². The van der Waals surface area contributed by atoms with E-state index in [9.17, 15) is 9.59 Å². The molecule has 2 N–H and O–H groups in total. The van der Waals surface area contributed by atoms with Gasteiger partial charge in [-0.3, -0.25) is 0 Å². The third kappa shape index (κ3) is 3.10. The summed E-state index contributed by atoms with van der Waals surface area (Å²) in [4.78, 5) is 23.9. The Labute approximate surface area is 94.6 Å². The SMILES string of the molecule is COC(C)CNC(=O)N1CCC[C@H]1C(=O)O. The van der Waals surface area contributed by atoms with Crippen molar-refractivity contribution in [3.8, 4) is 0 Å². The summed E-state index contributed by atoms with van der Waals surface area (Å²) in [6.45, 7) is 2.72. The van der Waals surface area contributed by atoms with Gasteiger partial charge in [0.25, 0.3) is 0 Å². The molecular formula is C10H18N2O4. The minimum Gasteiger partial charge on any atom is -0.480 e. The summed E-state index contributed by atoms with van der Waals surface area (Å²) >= 11 is 0. The molecule has 0 radical (unpaired) electrons. The van der Waals surface area contributed by atoms with Crippen molar-refractivity contribution in [3.05, 3.63) is 0 Å². The summed E-state index contributed by atoms with van der Waals surface area (Å²) in [7, 11) is 1.56. The van der Waals surface area contributed by atoms with E-state index >= 15 is 0 Å². The lowest BCUT2D eigenvalue weighted by atomic mass is 10.2. The number of ether oxygens (including phenoxy) is 1. The first kappa shape index (κ1) is 12.8. The number of hydrogen-bond donors (Lipinski definition) is 2. The maximum atomic E-state index is 11.7. The Morgan fingerprint density at radius 2 is 2.31 bits per heavy atom. The van der Waals surface area contributed by atoms with Crippen LogP contribution in [-0.2, 0) is 9.53 Å². The fourth-order valence-electron chi connectivity index (χ4n) is 1.68. The van der Waals surface area contributed by atoms with Gasteiger partial charge >= 0.3 is 12.0 Å². The molecule has 2 amide bonds. The van der Waals surface area contributed by atoms with Gasteiger partial charge in [0.05, 0.1) is 6.10 Å². The van der Waals surface area contributed by atoms with Crippen LogP contribution in [0.1, 0.15) is 19.8 Å². The van der Waals surface area contributed by atoms with Crippen LogP contribution >= 0.6 is 0 Å². The van der Waals surface area contributed by atoms with Gasteiger partial charge < -0.3 is 20.1 Å². The van der Waals surface area contributed by atoms with Crippen LogP contribution in [0.2, 0.25) is 0 Å². The number of carboxylic acid groups (broad SMARTS) is 1. The van der Waals surface area contributed by atoms with E-state index in [1.54, 1.807) is 7.11 Å². The number of carboxylic acids is 1. The molecule has 0 bridgehead atoms. The number of rotatable bonds is 4. The molecule has 1 saturated heterocycles. The highest BCUT2D eigenvalue weighted by Gasteiger charge is 2.33. The number of methoxy groups -OCH3 is 1. The van der Waals surface area contributed by atoms with Gasteiger partial charge in [0, 0.05) is 20.2 Å². The molecule has 0 saturated carbocycles. The number of likely N-dealkylation sites (tertiary alicyclic amines) is 1. The van der Waals surface area contributed by atoms with Crippen LogP contribution in [-0.4, -0.2) is 54.4 Å². The Balaban J connectivity index is 2.44. The molecule has 6 nitrogen and oxygen atoms in total. The van der Waals surface area contributed by atoms with Gasteiger partial charge in [-0.05, 0) is 19.8 Å². The van der Waals surface area contributed by atoms with Crippen molar-refractivity contribution in [2.75, 3.05) is 20.2 Å². The fraction of sp³-hybridized carbons (Fsp3) is 0.800. The molecule has 1 rings (SSSR count). The Kier molecular flexibility index (Phi) is 4.54. The predicted octanol–water partition coefficient (Wildman–Crippen LogP) is 0.280. The predicted molar refractivity (Wildman–Crippen MR) is 57.2 cm³/mol. The summed E-state index contributed by atoms with van der Waals surface area (Å²) in [6.07, 6.45) is 1.20. The zero-order chi connectivity index (χ0) is 12.1. The van der Waals surface area contributed by atoms with Crippen molar-refractivity contribution in [1.29, 1.82) is 0 Å². The van der Waals surface area contributed by atoms with Crippen molar-refractivity contribution in [3.63, 3.8) is 0 Å². The highest BCUT2D eigenvalue weighted by Crippen LogP contribution is 2.17. The van der Waals surface area contributed by atoms with Crippen LogP contribution < -0.4 is 5.32 Å². The number of carbonyl (C=O) groups is 2. The summed E-state index contributed by atoms with van der Waals surface area (Å²) in [5, 5.41) is 11.6. The number of nitrogens with one attached hydrogen (secondary N) is 1. The third-order valence-electron chi connectivity index (χ3n) is 2.74. The van der Waals surface area contributed by atoms with Crippen LogP contribution in [0.4, 0.5) is 4.79 Å². The van der Waals surface area contributed by atoms with E-state index in [1.165, 1.54) is 4.90 Å². The maximum absolute atomic E-state index is 11.7. The number of carbonyl (C=O) groups excluding carboxylic acids is 1. The Morgan fingerprint density at radius 3 is 2.88 bits per heavy atom. The molecule has 1 unspecified atom stereocenters. The largest absolute Gasteiger partial charge is 0.480 e. The quantitative estimate of drug-likeness (QED) is 0.727. The molecule has 16 heavy (non-hydrogen) atoms. The first-order valence-corrected chi connectivity index (χ1v) is 5.36. The van der Waals surface area contributed by atoms with E-state index in [0.717, 1.165) is 6.42 Å². The molecule has 1 fully saturated rings. The average Bonchev–Trinajstić information content (AvgIpc) is 2.74. The van der Waals surface area contributed by atoms with Gasteiger partial charge in [0.1, 0.15) is 6.04 Å². The van der Waals surface area contributed by atoms with Gasteiger partial charge in [0.15, 0.2) is 0 Å². The second-order valence-corrected chi connectivity index (χ2v) is 3.92. The monoisotopic (exact) mass is 230 g/mol. The van der Waals surface area contributed by atoms with Gasteiger partial charge in [-0.25, -0.2) is 9.59 Å². The Hall–Kier alpha value is -1.30. The summed E-state index contributed by atoms with van der Waals surface area (Å²) < 4.78 is 4.99. The van der Waals surface area contributed by atoms with Crippen molar-refractivity contribution in [2.45, 2.75) is 31.9 Å². The lowest BCUT2D eigenvalue weighted by molar-refractivity contribution is -0.141. The molecule has 92 valence electrons. The topological polar surface area (TPSA) is 78.9 Å². The molecule has 1 aliphatic heterocycles. The highest BCUT2D eigenvalue weighted by molar-refractivity contribution is 5.83. The number of amides is 2. The van der Waals surface area contributed by atoms with Crippen LogP contribution in [0, 0.1) is 0 Å². The maximum Gasteiger partial charge on any atom is 0.326 e. The van der Waals surface area contributed by atoms with E-state index in [1.807, 2.05) is 6.92 Å². The van der Waals surface area contributed by atoms with E-state index in [4.69, 9.17) is 9.84 Å². The van der Waals surface area contributed by atoms with Gasteiger partial charge in [-0.15, -0.1) is 0 Å². The molecule has 0 aromatic heterocycles. The number of aliphatic carboxylic acids is 1. The van der Waals surface area contributed by atoms with Crippen molar-refractivity contribution in [2.24, 2.45) is 0 Å². The van der Waals surface area contributed by atoms with Gasteiger partial charge in [0.2, 0.25) is 0 Å². The molecule has 0 aliphatic carbocycles. The van der Waals surface area contributed by atoms with Crippen LogP contribution in [0.3, 0.4) is 0 Å². The number of nitrogens with zero attached hydrogens (tertiary/aromatic N) is 1. The van der Waals surface area contributed by atoms with Crippen LogP contribution in [0.5, 0.6) is 0 Å². The first-order valence-electron chi connectivity index (χ1n) is 5.36. The van der Waals surface area contributed by atoms with Crippen molar-refractivity contribution < 1.29 is 19.4 Å². The smallest absolute Gasteiger partial charge is 0.326 e. The fourth-order valence-corrected chi connectivity index (χ4v) is 1.68. The molecule has 0 spiro atoms.